The lowest BCUT2D eigenvalue weighted by Gasteiger charge is -2.29. The van der Waals surface area contributed by atoms with Crippen molar-refractivity contribution in [2.24, 2.45) is 0 Å². The summed E-state index contributed by atoms with van der Waals surface area (Å²) in [5.74, 6) is -2.04. The highest BCUT2D eigenvalue weighted by Crippen LogP contribution is 2.24. The van der Waals surface area contributed by atoms with Crippen LogP contribution in [0.5, 0.6) is 0 Å². The monoisotopic (exact) mass is 365 g/mol. The Balaban J connectivity index is 1.96. The second kappa shape index (κ2) is 6.92. The first-order valence-corrected chi connectivity index (χ1v) is 9.69. The number of sulfone groups is 1. The summed E-state index contributed by atoms with van der Waals surface area (Å²) in [5.41, 5.74) is 0.111. The van der Waals surface area contributed by atoms with E-state index < -0.39 is 33.4 Å². The Hall–Kier alpha value is -2.28. The van der Waals surface area contributed by atoms with E-state index in [0.29, 0.717) is 0 Å². The molecule has 0 radical (unpaired) electrons. The maximum absolute atomic E-state index is 14.0. The fraction of sp³-hybridized carbons (Fsp3) is 0.278. The summed E-state index contributed by atoms with van der Waals surface area (Å²) in [6.07, 6.45) is 0.261. The molecule has 1 heterocycles. The molecule has 1 aliphatic heterocycles. The Kier molecular flexibility index (Phi) is 4.85. The lowest BCUT2D eigenvalue weighted by molar-refractivity contribution is 0.0674. The van der Waals surface area contributed by atoms with Crippen LogP contribution in [0.3, 0.4) is 0 Å². The number of hydrogen-bond acceptors (Lipinski definition) is 3. The number of hydrogen-bond donors (Lipinski definition) is 0. The molecule has 0 aliphatic carbocycles. The fourth-order valence-corrected chi connectivity index (χ4v) is 4.72. The first-order valence-electron chi connectivity index (χ1n) is 7.87. The van der Waals surface area contributed by atoms with E-state index in [1.165, 1.54) is 47.4 Å². The molecule has 1 atom stereocenters. The van der Waals surface area contributed by atoms with E-state index in [4.69, 9.17) is 0 Å². The van der Waals surface area contributed by atoms with Crippen LogP contribution in [0, 0.1) is 11.6 Å². The van der Waals surface area contributed by atoms with E-state index in [1.54, 1.807) is 6.07 Å². The average molecular weight is 365 g/mol. The molecule has 132 valence electrons. The second-order valence-electron chi connectivity index (χ2n) is 6.06. The van der Waals surface area contributed by atoms with Crippen molar-refractivity contribution in [3.63, 3.8) is 0 Å². The van der Waals surface area contributed by atoms with Gasteiger partial charge in [-0.3, -0.25) is 4.79 Å². The zero-order chi connectivity index (χ0) is 18.0. The molecule has 1 aliphatic rings. The molecule has 25 heavy (non-hydrogen) atoms. The van der Waals surface area contributed by atoms with E-state index in [0.717, 1.165) is 0 Å². The van der Waals surface area contributed by atoms with E-state index in [2.05, 4.69) is 0 Å². The summed E-state index contributed by atoms with van der Waals surface area (Å²) in [6.45, 7) is -0.111. The summed E-state index contributed by atoms with van der Waals surface area (Å²) >= 11 is 0. The minimum absolute atomic E-state index is 0.0318. The minimum Gasteiger partial charge on any atom is -0.330 e. The van der Waals surface area contributed by atoms with Gasteiger partial charge in [-0.05, 0) is 24.6 Å². The molecule has 3 rings (SSSR count). The molecule has 1 amide bonds. The van der Waals surface area contributed by atoms with Crippen LogP contribution >= 0.6 is 0 Å². The van der Waals surface area contributed by atoms with Gasteiger partial charge in [0, 0.05) is 18.2 Å². The molecule has 1 saturated heterocycles. The predicted molar refractivity (Wildman–Crippen MR) is 89.7 cm³/mol. The number of benzene rings is 2. The Morgan fingerprint density at radius 3 is 2.28 bits per heavy atom. The fourth-order valence-electron chi connectivity index (χ4n) is 2.99. The van der Waals surface area contributed by atoms with Crippen molar-refractivity contribution in [1.29, 1.82) is 0 Å². The van der Waals surface area contributed by atoms with Crippen LogP contribution in [0.15, 0.2) is 48.5 Å². The molecule has 2 aromatic rings. The summed E-state index contributed by atoms with van der Waals surface area (Å²) in [5, 5.41) is 0. The molecule has 7 heteroatoms. The van der Waals surface area contributed by atoms with Crippen LogP contribution in [0.4, 0.5) is 8.78 Å². The van der Waals surface area contributed by atoms with E-state index in [-0.39, 0.29) is 35.6 Å². The average Bonchev–Trinajstić information content (AvgIpc) is 2.94. The SMILES string of the molecule is O=C(c1ccccc1F)N(Cc1ccccc1F)[C@H]1CCS(=O)(=O)C1. The highest BCUT2D eigenvalue weighted by atomic mass is 32.2. The van der Waals surface area contributed by atoms with Crippen LogP contribution < -0.4 is 0 Å². The smallest absolute Gasteiger partial charge is 0.257 e. The van der Waals surface area contributed by atoms with Crippen LogP contribution in [0.1, 0.15) is 22.3 Å². The highest BCUT2D eigenvalue weighted by Gasteiger charge is 2.36. The van der Waals surface area contributed by atoms with Crippen LogP contribution in [0.25, 0.3) is 0 Å². The molecule has 0 bridgehead atoms. The molecule has 0 aromatic heterocycles. The maximum Gasteiger partial charge on any atom is 0.257 e. The van der Waals surface area contributed by atoms with Gasteiger partial charge in [0.05, 0.1) is 17.1 Å². The Bertz CT molecular complexity index is 899. The summed E-state index contributed by atoms with van der Waals surface area (Å²) in [7, 11) is -3.25. The molecular formula is C18H17F2NO3S. The number of nitrogens with zero attached hydrogens (tertiary/aromatic N) is 1. The topological polar surface area (TPSA) is 54.5 Å². The third-order valence-corrected chi connectivity index (χ3v) is 6.06. The quantitative estimate of drug-likeness (QED) is 0.837. The van der Waals surface area contributed by atoms with Crippen molar-refractivity contribution in [1.82, 2.24) is 4.90 Å². The van der Waals surface area contributed by atoms with Gasteiger partial charge in [-0.15, -0.1) is 0 Å². The predicted octanol–water partition coefficient (Wildman–Crippen LogP) is 2.79. The van der Waals surface area contributed by atoms with Crippen molar-refractivity contribution in [3.05, 3.63) is 71.3 Å². The highest BCUT2D eigenvalue weighted by molar-refractivity contribution is 7.91. The van der Waals surface area contributed by atoms with Crippen LogP contribution in [0.2, 0.25) is 0 Å². The Morgan fingerprint density at radius 2 is 1.68 bits per heavy atom. The van der Waals surface area contributed by atoms with Crippen molar-refractivity contribution < 1.29 is 22.0 Å². The number of halogens is 2. The van der Waals surface area contributed by atoms with Crippen molar-refractivity contribution >= 4 is 15.7 Å². The number of amides is 1. The van der Waals surface area contributed by atoms with Crippen molar-refractivity contribution in [2.75, 3.05) is 11.5 Å². The number of carbonyl (C=O) groups excluding carboxylic acids is 1. The zero-order valence-corrected chi connectivity index (χ0v) is 14.2. The standard InChI is InChI=1S/C18H17F2NO3S/c19-16-7-3-1-5-13(16)11-21(14-9-10-25(23,24)12-14)18(22)15-6-2-4-8-17(15)20/h1-8,14H,9-12H2/t14-/m0/s1. The van der Waals surface area contributed by atoms with Crippen molar-refractivity contribution in [2.45, 2.75) is 19.0 Å². The second-order valence-corrected chi connectivity index (χ2v) is 8.29. The van der Waals surface area contributed by atoms with Gasteiger partial charge in [0.15, 0.2) is 9.84 Å². The van der Waals surface area contributed by atoms with Crippen LogP contribution in [-0.2, 0) is 16.4 Å². The number of carbonyl (C=O) groups is 1. The molecule has 0 saturated carbocycles. The Labute approximate surface area is 145 Å². The van der Waals surface area contributed by atoms with Gasteiger partial charge < -0.3 is 4.90 Å². The first-order chi connectivity index (χ1) is 11.9. The van der Waals surface area contributed by atoms with E-state index >= 15 is 0 Å². The van der Waals surface area contributed by atoms with E-state index in [1.807, 2.05) is 0 Å². The van der Waals surface area contributed by atoms with Gasteiger partial charge in [0.25, 0.3) is 5.91 Å². The summed E-state index contributed by atoms with van der Waals surface area (Å²) < 4.78 is 51.6. The summed E-state index contributed by atoms with van der Waals surface area (Å²) in [4.78, 5) is 14.1. The normalized spacial score (nSPS) is 18.9. The first kappa shape index (κ1) is 17.5. The molecule has 1 fully saturated rings. The van der Waals surface area contributed by atoms with Gasteiger partial charge in [-0.1, -0.05) is 30.3 Å². The molecule has 4 nitrogen and oxygen atoms in total. The molecule has 0 N–H and O–H groups in total. The lowest BCUT2D eigenvalue weighted by Crippen LogP contribution is -2.41. The third kappa shape index (κ3) is 3.87. The Morgan fingerprint density at radius 1 is 1.04 bits per heavy atom. The van der Waals surface area contributed by atoms with Crippen molar-refractivity contribution in [3.8, 4) is 0 Å². The molecule has 0 spiro atoms. The van der Waals surface area contributed by atoms with Gasteiger partial charge in [0.2, 0.25) is 0 Å². The van der Waals surface area contributed by atoms with Gasteiger partial charge in [0.1, 0.15) is 11.6 Å². The summed E-state index contributed by atoms with van der Waals surface area (Å²) in [6, 6.07) is 10.9. The number of rotatable bonds is 4. The minimum atomic E-state index is -3.25. The largest absolute Gasteiger partial charge is 0.330 e. The maximum atomic E-state index is 14.0. The molecule has 2 aromatic carbocycles. The molecular weight excluding hydrogens is 348 g/mol. The van der Waals surface area contributed by atoms with E-state index in [9.17, 15) is 22.0 Å². The molecule has 0 unspecified atom stereocenters. The third-order valence-electron chi connectivity index (χ3n) is 4.31. The lowest BCUT2D eigenvalue weighted by atomic mass is 10.1. The van der Waals surface area contributed by atoms with Gasteiger partial charge >= 0.3 is 0 Å². The van der Waals surface area contributed by atoms with Gasteiger partial charge in [-0.25, -0.2) is 17.2 Å². The van der Waals surface area contributed by atoms with Crippen LogP contribution in [-0.4, -0.2) is 36.8 Å². The zero-order valence-electron chi connectivity index (χ0n) is 13.4. The van der Waals surface area contributed by atoms with Gasteiger partial charge in [-0.2, -0.15) is 0 Å².